The van der Waals surface area contributed by atoms with Crippen LogP contribution in [0.1, 0.15) is 5.56 Å². The molecule has 2 aliphatic rings. The van der Waals surface area contributed by atoms with Crippen molar-refractivity contribution in [3.05, 3.63) is 90.5 Å². The summed E-state index contributed by atoms with van der Waals surface area (Å²) in [5, 5.41) is 3.17. The molecule has 3 aromatic carbocycles. The monoisotopic (exact) mass is 395 g/mol. The summed E-state index contributed by atoms with van der Waals surface area (Å²) in [4.78, 5) is 12.8. The summed E-state index contributed by atoms with van der Waals surface area (Å²) in [6.07, 6.45) is 0.429. The van der Waals surface area contributed by atoms with Gasteiger partial charge in [-0.1, -0.05) is 0 Å². The van der Waals surface area contributed by atoms with E-state index in [-0.39, 0.29) is 0 Å². The Morgan fingerprint density at radius 2 is 1.36 bits per heavy atom. The van der Waals surface area contributed by atoms with E-state index in [1.807, 2.05) is 60.7 Å². The molecule has 0 amide bonds. The molecule has 1 saturated heterocycles. The minimum atomic E-state index is -4.44. The minimum absolute atomic E-state index is 0.429. The van der Waals surface area contributed by atoms with Gasteiger partial charge >= 0.3 is 162 Å². The summed E-state index contributed by atoms with van der Waals surface area (Å²) in [6, 6.07) is 25.2. The molecule has 0 saturated carbocycles. The van der Waals surface area contributed by atoms with Gasteiger partial charge in [0, 0.05) is 0 Å². The first kappa shape index (κ1) is 17.0. The molecule has 2 aliphatic heterocycles. The quantitative estimate of drug-likeness (QED) is 0.660. The van der Waals surface area contributed by atoms with Crippen molar-refractivity contribution in [1.29, 1.82) is 0 Å². The standard InChI is InChI=1S/C21H18NO5P/c23-21-18(15-16-9-3-1-4-10-16)22-28(27-21,24-17-11-5-2-6-12-17)25-19-13-7-8-14-20(19)26-28/h1-14,18,22H,15H2/t18-/m0/s1. The molecule has 2 heterocycles. The maximum atomic E-state index is 12.8. The molecule has 0 bridgehead atoms. The van der Waals surface area contributed by atoms with Crippen molar-refractivity contribution in [2.45, 2.75) is 12.5 Å². The number of carbonyl (C=O) groups excluding carboxylic acids is 1. The van der Waals surface area contributed by atoms with Crippen LogP contribution in [0.3, 0.4) is 0 Å². The fourth-order valence-corrected chi connectivity index (χ4v) is 6.37. The van der Waals surface area contributed by atoms with E-state index >= 15 is 0 Å². The summed E-state index contributed by atoms with van der Waals surface area (Å²) in [5.41, 5.74) is 0.993. The zero-order valence-corrected chi connectivity index (χ0v) is 15.8. The molecule has 1 spiro atoms. The van der Waals surface area contributed by atoms with Crippen LogP contribution in [0.5, 0.6) is 17.2 Å². The van der Waals surface area contributed by atoms with Crippen LogP contribution in [0.4, 0.5) is 0 Å². The average Bonchev–Trinajstić information content (AvgIpc) is 3.16. The zero-order chi connectivity index (χ0) is 19.1. The molecule has 1 atom stereocenters. The molecule has 0 unspecified atom stereocenters. The topological polar surface area (TPSA) is 66.0 Å². The normalized spacial score (nSPS) is 22.2. The fraction of sp³-hybridized carbons (Fsp3) is 0.0952. The number of hydrogen-bond donors (Lipinski definition) is 1. The predicted octanol–water partition coefficient (Wildman–Crippen LogP) is 4.42. The fourth-order valence-electron chi connectivity index (χ4n) is 3.33. The Morgan fingerprint density at radius 1 is 0.786 bits per heavy atom. The van der Waals surface area contributed by atoms with Crippen LogP contribution in [0.25, 0.3) is 0 Å². The number of para-hydroxylation sites is 3. The van der Waals surface area contributed by atoms with Crippen molar-refractivity contribution in [2.24, 2.45) is 0 Å². The van der Waals surface area contributed by atoms with Gasteiger partial charge in [0.2, 0.25) is 0 Å². The van der Waals surface area contributed by atoms with Gasteiger partial charge in [-0.25, -0.2) is 0 Å². The zero-order valence-electron chi connectivity index (χ0n) is 14.9. The molecule has 0 radical (unpaired) electrons. The number of carbonyl (C=O) groups is 1. The van der Waals surface area contributed by atoms with Gasteiger partial charge in [-0.15, -0.1) is 0 Å². The Bertz CT molecular complexity index is 1000. The van der Waals surface area contributed by atoms with E-state index in [1.165, 1.54) is 0 Å². The molecule has 1 N–H and O–H groups in total. The summed E-state index contributed by atoms with van der Waals surface area (Å²) >= 11 is 0. The van der Waals surface area contributed by atoms with E-state index in [1.54, 1.807) is 24.3 Å². The molecule has 5 rings (SSSR count). The number of benzene rings is 3. The van der Waals surface area contributed by atoms with Crippen LogP contribution >= 0.6 is 7.66 Å². The molecule has 142 valence electrons. The van der Waals surface area contributed by atoms with Gasteiger partial charge in [-0.3, -0.25) is 0 Å². The van der Waals surface area contributed by atoms with Gasteiger partial charge in [0.15, 0.2) is 0 Å². The third-order valence-electron chi connectivity index (χ3n) is 4.55. The molecule has 0 aromatic heterocycles. The summed E-state index contributed by atoms with van der Waals surface area (Å²) < 4.78 is 24.2. The molecule has 28 heavy (non-hydrogen) atoms. The summed E-state index contributed by atoms with van der Waals surface area (Å²) in [7, 11) is -4.44. The van der Waals surface area contributed by atoms with Crippen molar-refractivity contribution in [3.63, 3.8) is 0 Å². The van der Waals surface area contributed by atoms with E-state index in [4.69, 9.17) is 18.1 Å². The van der Waals surface area contributed by atoms with Crippen LogP contribution in [-0.2, 0) is 15.7 Å². The van der Waals surface area contributed by atoms with Crippen molar-refractivity contribution in [2.75, 3.05) is 0 Å². The first-order valence-electron chi connectivity index (χ1n) is 8.96. The average molecular weight is 395 g/mol. The summed E-state index contributed by atoms with van der Waals surface area (Å²) in [5.74, 6) is 0.951. The Hall–Kier alpha value is -3.08. The van der Waals surface area contributed by atoms with Gasteiger partial charge in [-0.2, -0.15) is 0 Å². The number of rotatable bonds is 4. The first-order valence-corrected chi connectivity index (χ1v) is 10.9. The third kappa shape index (κ3) is 2.87. The second-order valence-corrected chi connectivity index (χ2v) is 9.24. The van der Waals surface area contributed by atoms with Crippen molar-refractivity contribution >= 4 is 13.6 Å². The third-order valence-corrected chi connectivity index (χ3v) is 7.33. The molecule has 1 fully saturated rings. The van der Waals surface area contributed by atoms with Crippen molar-refractivity contribution < 1.29 is 22.9 Å². The van der Waals surface area contributed by atoms with Gasteiger partial charge in [-0.05, 0) is 0 Å². The Kier molecular flexibility index (Phi) is 3.79. The van der Waals surface area contributed by atoms with Crippen LogP contribution in [0.2, 0.25) is 0 Å². The van der Waals surface area contributed by atoms with E-state index < -0.39 is 19.7 Å². The number of nitrogens with one attached hydrogen (secondary N) is 1. The second-order valence-electron chi connectivity index (χ2n) is 6.63. The van der Waals surface area contributed by atoms with Crippen molar-refractivity contribution in [1.82, 2.24) is 5.09 Å². The molecule has 6 nitrogen and oxygen atoms in total. The van der Waals surface area contributed by atoms with E-state index in [0.717, 1.165) is 5.56 Å². The van der Waals surface area contributed by atoms with Gasteiger partial charge < -0.3 is 0 Å². The van der Waals surface area contributed by atoms with E-state index in [0.29, 0.717) is 23.7 Å². The van der Waals surface area contributed by atoms with E-state index in [9.17, 15) is 4.79 Å². The Labute approximate surface area is 162 Å². The van der Waals surface area contributed by atoms with Crippen LogP contribution in [-0.4, -0.2) is 12.0 Å². The maximum absolute atomic E-state index is 12.8. The van der Waals surface area contributed by atoms with Gasteiger partial charge in [0.25, 0.3) is 0 Å². The van der Waals surface area contributed by atoms with Crippen LogP contribution in [0, 0.1) is 0 Å². The molecular weight excluding hydrogens is 377 g/mol. The molecule has 0 aliphatic carbocycles. The summed E-state index contributed by atoms with van der Waals surface area (Å²) in [6.45, 7) is 0. The second kappa shape index (κ2) is 6.23. The Balaban J connectivity index is 1.52. The molecular formula is C21H18NO5P. The first-order chi connectivity index (χ1) is 13.6. The predicted molar refractivity (Wildman–Crippen MR) is 105 cm³/mol. The van der Waals surface area contributed by atoms with Crippen molar-refractivity contribution in [3.8, 4) is 17.2 Å². The molecule has 7 heteroatoms. The number of fused-ring (bicyclic) bond motifs is 1. The van der Waals surface area contributed by atoms with Gasteiger partial charge in [0.05, 0.1) is 0 Å². The molecule has 3 aromatic rings. The SMILES string of the molecule is O=C1OP2(Oc3ccccc3)(N[C@H]1Cc1ccccc1)Oc1ccccc1O2. The van der Waals surface area contributed by atoms with Crippen LogP contribution < -0.4 is 18.7 Å². The Morgan fingerprint density at radius 3 is 2.00 bits per heavy atom. The van der Waals surface area contributed by atoms with E-state index in [2.05, 4.69) is 5.09 Å². The van der Waals surface area contributed by atoms with Gasteiger partial charge in [0.1, 0.15) is 0 Å². The number of hydrogen-bond acceptors (Lipinski definition) is 6. The van der Waals surface area contributed by atoms with Crippen LogP contribution in [0.15, 0.2) is 84.9 Å².